The summed E-state index contributed by atoms with van der Waals surface area (Å²) in [4.78, 5) is 27.2. The normalized spacial score (nSPS) is 19.3. The number of anilines is 1. The zero-order chi connectivity index (χ0) is 18.6. The fraction of sp³-hybridized carbons (Fsp3) is 0.273. The van der Waals surface area contributed by atoms with Crippen LogP contribution in [0.15, 0.2) is 59.5 Å². The number of nitrogens with one attached hydrogen (secondary N) is 1. The van der Waals surface area contributed by atoms with Gasteiger partial charge in [-0.2, -0.15) is 0 Å². The van der Waals surface area contributed by atoms with Crippen molar-refractivity contribution in [1.82, 2.24) is 5.32 Å². The van der Waals surface area contributed by atoms with Crippen molar-refractivity contribution in [1.29, 1.82) is 0 Å². The lowest BCUT2D eigenvalue weighted by molar-refractivity contribution is -0.117. The molecule has 0 spiro atoms. The van der Waals surface area contributed by atoms with Gasteiger partial charge in [0.15, 0.2) is 0 Å². The molecule has 2 aliphatic heterocycles. The summed E-state index contributed by atoms with van der Waals surface area (Å²) in [6.07, 6.45) is 5.89. The van der Waals surface area contributed by atoms with Crippen LogP contribution in [0.4, 0.5) is 5.69 Å². The number of thioether (sulfide) groups is 1. The summed E-state index contributed by atoms with van der Waals surface area (Å²) in [5, 5.41) is 3.12. The predicted octanol–water partition coefficient (Wildman–Crippen LogP) is 4.18. The van der Waals surface area contributed by atoms with Crippen molar-refractivity contribution in [2.75, 3.05) is 17.2 Å². The molecule has 27 heavy (non-hydrogen) atoms. The van der Waals surface area contributed by atoms with Crippen molar-refractivity contribution in [3.05, 3.63) is 65.7 Å². The third-order valence-electron chi connectivity index (χ3n) is 4.98. The first kappa shape index (κ1) is 17.9. The molecule has 2 heterocycles. The van der Waals surface area contributed by atoms with Crippen molar-refractivity contribution in [3.8, 4) is 0 Å². The third kappa shape index (κ3) is 4.08. The summed E-state index contributed by atoms with van der Waals surface area (Å²) in [5.74, 6) is 1.12. The summed E-state index contributed by atoms with van der Waals surface area (Å²) < 4.78 is 0. The van der Waals surface area contributed by atoms with Gasteiger partial charge in [0.25, 0.3) is 0 Å². The molecule has 1 atom stereocenters. The Kier molecular flexibility index (Phi) is 5.30. The maximum Gasteiger partial charge on any atom is 0.244 e. The van der Waals surface area contributed by atoms with Gasteiger partial charge in [-0.3, -0.25) is 9.59 Å². The molecule has 0 aromatic heterocycles. The van der Waals surface area contributed by atoms with Crippen molar-refractivity contribution >= 4 is 35.3 Å². The second kappa shape index (κ2) is 8.01. The van der Waals surface area contributed by atoms with Crippen molar-refractivity contribution < 1.29 is 9.59 Å². The second-order valence-electron chi connectivity index (χ2n) is 6.81. The zero-order valence-corrected chi connectivity index (χ0v) is 15.9. The van der Waals surface area contributed by atoms with E-state index in [0.717, 1.165) is 36.4 Å². The third-order valence-corrected chi connectivity index (χ3v) is 6.10. The van der Waals surface area contributed by atoms with Gasteiger partial charge in [-0.15, -0.1) is 11.8 Å². The van der Waals surface area contributed by atoms with Gasteiger partial charge in [0.1, 0.15) is 0 Å². The number of fused-ring (bicyclic) bond motifs is 1. The van der Waals surface area contributed by atoms with Crippen LogP contribution in [-0.2, 0) is 9.59 Å². The molecule has 1 fully saturated rings. The van der Waals surface area contributed by atoms with E-state index in [1.54, 1.807) is 6.08 Å². The van der Waals surface area contributed by atoms with Crippen molar-refractivity contribution in [2.45, 2.75) is 30.2 Å². The molecular weight excluding hydrogens is 356 g/mol. The summed E-state index contributed by atoms with van der Waals surface area (Å²) in [6.45, 7) is 0.789. The van der Waals surface area contributed by atoms with Gasteiger partial charge in [-0.25, -0.2) is 0 Å². The Bertz CT molecular complexity index is 876. The van der Waals surface area contributed by atoms with Gasteiger partial charge in [0.05, 0.1) is 6.04 Å². The number of carbonyl (C=O) groups excluding carboxylic acids is 2. The average molecular weight is 378 g/mol. The Morgan fingerprint density at radius 1 is 1.15 bits per heavy atom. The second-order valence-corrected chi connectivity index (χ2v) is 7.95. The predicted molar refractivity (Wildman–Crippen MR) is 110 cm³/mol. The highest BCUT2D eigenvalue weighted by atomic mass is 32.2. The van der Waals surface area contributed by atoms with Crippen LogP contribution in [0.3, 0.4) is 0 Å². The van der Waals surface area contributed by atoms with Crippen LogP contribution in [0.1, 0.15) is 36.4 Å². The van der Waals surface area contributed by atoms with Gasteiger partial charge in [-0.05, 0) is 48.2 Å². The van der Waals surface area contributed by atoms with E-state index in [-0.39, 0.29) is 17.9 Å². The molecule has 1 unspecified atom stereocenters. The van der Waals surface area contributed by atoms with E-state index in [2.05, 4.69) is 17.4 Å². The smallest absolute Gasteiger partial charge is 0.244 e. The quantitative estimate of drug-likeness (QED) is 0.812. The largest absolute Gasteiger partial charge is 0.346 e. The Morgan fingerprint density at radius 2 is 1.96 bits per heavy atom. The molecule has 138 valence electrons. The van der Waals surface area contributed by atoms with Crippen LogP contribution in [0.2, 0.25) is 0 Å². The molecule has 0 radical (unpaired) electrons. The van der Waals surface area contributed by atoms with E-state index >= 15 is 0 Å². The Balaban J connectivity index is 1.38. The maximum absolute atomic E-state index is 12.4. The molecule has 0 bridgehead atoms. The van der Waals surface area contributed by atoms with Gasteiger partial charge in [0.2, 0.25) is 11.8 Å². The fourth-order valence-electron chi connectivity index (χ4n) is 3.57. The molecule has 4 rings (SSSR count). The average Bonchev–Trinajstić information content (AvgIpc) is 3.13. The first-order chi connectivity index (χ1) is 13.2. The van der Waals surface area contributed by atoms with E-state index in [0.29, 0.717) is 6.42 Å². The first-order valence-electron chi connectivity index (χ1n) is 9.31. The standard InChI is InChI=1S/C22H22N2O2S/c25-21(23-19-13-15-27-20-5-2-1-4-18(19)20)12-9-16-7-10-17(11-8-16)24-14-3-6-22(24)26/h1-2,4-5,7-12,19H,3,6,13-15H2,(H,23,25)/b12-9+. The van der Waals surface area contributed by atoms with Crippen molar-refractivity contribution in [2.24, 2.45) is 0 Å². The lowest BCUT2D eigenvalue weighted by Crippen LogP contribution is -2.29. The highest BCUT2D eigenvalue weighted by Crippen LogP contribution is 2.35. The van der Waals surface area contributed by atoms with E-state index in [1.807, 2.05) is 59.1 Å². The molecule has 5 heteroatoms. The Morgan fingerprint density at radius 3 is 2.74 bits per heavy atom. The van der Waals surface area contributed by atoms with Gasteiger partial charge >= 0.3 is 0 Å². The number of hydrogen-bond acceptors (Lipinski definition) is 3. The van der Waals surface area contributed by atoms with Crippen LogP contribution in [0.5, 0.6) is 0 Å². The summed E-state index contributed by atoms with van der Waals surface area (Å²) in [5.41, 5.74) is 3.07. The van der Waals surface area contributed by atoms with Crippen LogP contribution in [-0.4, -0.2) is 24.1 Å². The molecule has 4 nitrogen and oxygen atoms in total. The maximum atomic E-state index is 12.4. The molecule has 2 aromatic carbocycles. The topological polar surface area (TPSA) is 49.4 Å². The molecule has 2 aromatic rings. The minimum absolute atomic E-state index is 0.0724. The Hall–Kier alpha value is -2.53. The number of benzene rings is 2. The van der Waals surface area contributed by atoms with Crippen molar-refractivity contribution in [3.63, 3.8) is 0 Å². The summed E-state index contributed by atoms with van der Waals surface area (Å²) in [6, 6.07) is 16.1. The van der Waals surface area contributed by atoms with Crippen LogP contribution >= 0.6 is 11.8 Å². The van der Waals surface area contributed by atoms with Gasteiger partial charge in [-0.1, -0.05) is 30.3 Å². The minimum atomic E-state index is -0.0829. The monoisotopic (exact) mass is 378 g/mol. The number of amides is 2. The summed E-state index contributed by atoms with van der Waals surface area (Å²) in [7, 11) is 0. The molecule has 2 aliphatic rings. The first-order valence-corrected chi connectivity index (χ1v) is 10.3. The highest BCUT2D eigenvalue weighted by molar-refractivity contribution is 7.99. The van der Waals surface area contributed by atoms with Gasteiger partial charge < -0.3 is 10.2 Å². The number of nitrogens with zero attached hydrogens (tertiary/aromatic N) is 1. The van der Waals surface area contributed by atoms with Gasteiger partial charge in [0, 0.05) is 35.4 Å². The van der Waals surface area contributed by atoms with E-state index in [4.69, 9.17) is 0 Å². The number of hydrogen-bond donors (Lipinski definition) is 1. The summed E-state index contributed by atoms with van der Waals surface area (Å²) >= 11 is 1.84. The molecule has 0 saturated carbocycles. The molecule has 0 aliphatic carbocycles. The Labute approximate surface area is 163 Å². The lowest BCUT2D eigenvalue weighted by Gasteiger charge is -2.25. The minimum Gasteiger partial charge on any atom is -0.346 e. The zero-order valence-electron chi connectivity index (χ0n) is 15.1. The highest BCUT2D eigenvalue weighted by Gasteiger charge is 2.22. The SMILES string of the molecule is O=C(/C=C/c1ccc(N2CCCC2=O)cc1)NC1CCSc2ccccc21. The molecule has 1 N–H and O–H groups in total. The van der Waals surface area contributed by atoms with E-state index in [1.165, 1.54) is 10.5 Å². The van der Waals surface area contributed by atoms with Crippen LogP contribution in [0, 0.1) is 0 Å². The van der Waals surface area contributed by atoms with E-state index in [9.17, 15) is 9.59 Å². The molecule has 1 saturated heterocycles. The number of carbonyl (C=O) groups is 2. The number of rotatable bonds is 4. The van der Waals surface area contributed by atoms with Crippen LogP contribution in [0.25, 0.3) is 6.08 Å². The molecular formula is C22H22N2O2S. The fourth-order valence-corrected chi connectivity index (χ4v) is 4.70. The van der Waals surface area contributed by atoms with Crippen LogP contribution < -0.4 is 10.2 Å². The molecule has 2 amide bonds. The van der Waals surface area contributed by atoms with E-state index < -0.39 is 0 Å². The lowest BCUT2D eigenvalue weighted by atomic mass is 10.0.